The summed E-state index contributed by atoms with van der Waals surface area (Å²) in [6, 6.07) is 5.80. The van der Waals surface area contributed by atoms with Gasteiger partial charge < -0.3 is 9.55 Å². The number of rotatable bonds is 5. The van der Waals surface area contributed by atoms with Crippen molar-refractivity contribution in [2.24, 2.45) is 7.05 Å². The lowest BCUT2D eigenvalue weighted by molar-refractivity contribution is -0.136. The Hall–Kier alpha value is -3.75. The number of nitrogens with one attached hydrogen (secondary N) is 1. The number of imidazole rings is 1. The van der Waals surface area contributed by atoms with Crippen LogP contribution in [0.25, 0.3) is 16.7 Å². The van der Waals surface area contributed by atoms with Gasteiger partial charge in [0.2, 0.25) is 0 Å². The van der Waals surface area contributed by atoms with Gasteiger partial charge in [-0.1, -0.05) is 12.1 Å². The molecule has 4 heterocycles. The van der Waals surface area contributed by atoms with Gasteiger partial charge in [0.05, 0.1) is 18.5 Å². The number of fused-ring (bicyclic) bond motifs is 1. The second-order valence-electron chi connectivity index (χ2n) is 10.5. The Balaban J connectivity index is 1.45. The molecule has 0 bridgehead atoms. The van der Waals surface area contributed by atoms with Crippen molar-refractivity contribution in [1.82, 2.24) is 34.2 Å². The summed E-state index contributed by atoms with van der Waals surface area (Å²) in [4.78, 5) is 21.3. The van der Waals surface area contributed by atoms with E-state index >= 15 is 0 Å². The van der Waals surface area contributed by atoms with Gasteiger partial charge in [-0.3, -0.25) is 14.3 Å². The summed E-state index contributed by atoms with van der Waals surface area (Å²) in [7, 11) is 1.60. The molecule has 2 fully saturated rings. The van der Waals surface area contributed by atoms with Crippen molar-refractivity contribution in [3.05, 3.63) is 69.9 Å². The summed E-state index contributed by atoms with van der Waals surface area (Å²) in [6.45, 7) is -0.732. The average Bonchev–Trinajstić information content (AvgIpc) is 3.55. The number of hydrogen-bond acceptors (Lipinski definition) is 5. The molecular weight excluding hydrogens is 547 g/mol. The molecule has 1 aliphatic carbocycles. The Morgan fingerprint density at radius 3 is 2.45 bits per heavy atom. The Bertz CT molecular complexity index is 1660. The quantitative estimate of drug-likeness (QED) is 0.360. The molecule has 1 saturated heterocycles. The van der Waals surface area contributed by atoms with Gasteiger partial charge in [0.15, 0.2) is 0 Å². The molecule has 1 aromatic carbocycles. The topological polar surface area (TPSA) is 84.6 Å². The summed E-state index contributed by atoms with van der Waals surface area (Å²) in [5.41, 5.74) is -4.05. The minimum Gasteiger partial charge on any atom is -0.336 e. The number of pyridine rings is 1. The fraction of sp³-hybridized carbons (Fsp3) is 0.440. The number of alkyl halides is 7. The molecule has 1 aliphatic heterocycles. The highest BCUT2D eigenvalue weighted by molar-refractivity contribution is 5.79. The molecule has 0 radical (unpaired) electrons. The van der Waals surface area contributed by atoms with E-state index in [4.69, 9.17) is 0 Å². The van der Waals surface area contributed by atoms with Crippen molar-refractivity contribution in [3.8, 4) is 5.69 Å². The van der Waals surface area contributed by atoms with Crippen molar-refractivity contribution in [2.45, 2.75) is 49.2 Å². The van der Waals surface area contributed by atoms with Crippen LogP contribution in [0.3, 0.4) is 0 Å². The zero-order chi connectivity index (χ0) is 28.7. The fourth-order valence-corrected chi connectivity index (χ4v) is 5.76. The minimum absolute atomic E-state index is 0.0157. The third-order valence-electron chi connectivity index (χ3n) is 7.56. The molecule has 4 aromatic rings. The van der Waals surface area contributed by atoms with Crippen molar-refractivity contribution in [2.75, 3.05) is 13.1 Å². The minimum atomic E-state index is -4.91. The first-order chi connectivity index (χ1) is 18.7. The first-order valence-electron chi connectivity index (χ1n) is 12.3. The van der Waals surface area contributed by atoms with Gasteiger partial charge in [-0.05, 0) is 17.7 Å². The molecule has 0 unspecified atom stereocenters. The molecule has 40 heavy (non-hydrogen) atoms. The van der Waals surface area contributed by atoms with Gasteiger partial charge in [-0.2, -0.15) is 13.2 Å². The number of aromatic amines is 1. The standard InChI is InChI=1S/C25H22F7N7O/c1-37-13-33-36-21(37)22(10-24(28,29)11-22)14-3-2-4-15(7-14)39-8-16(25(30,31)32)18-19(20(39)40)35-17(34-18)9-38-6-5-23(26,27)12-38/h2-4,7-8,13H,5-6,9-12H2,1H3,(H,34,35). The highest BCUT2D eigenvalue weighted by Crippen LogP contribution is 2.56. The lowest BCUT2D eigenvalue weighted by atomic mass is 9.61. The van der Waals surface area contributed by atoms with Gasteiger partial charge in [0, 0.05) is 44.7 Å². The highest BCUT2D eigenvalue weighted by Gasteiger charge is 2.60. The largest absolute Gasteiger partial charge is 0.419 e. The van der Waals surface area contributed by atoms with E-state index < -0.39 is 65.0 Å². The van der Waals surface area contributed by atoms with E-state index in [2.05, 4.69) is 20.2 Å². The molecule has 8 nitrogen and oxygen atoms in total. The number of likely N-dealkylation sites (tertiary alicyclic amines) is 1. The number of aryl methyl sites for hydroxylation is 1. The number of H-pyrrole nitrogens is 1. The second kappa shape index (κ2) is 8.62. The summed E-state index contributed by atoms with van der Waals surface area (Å²) < 4.78 is 100. The van der Waals surface area contributed by atoms with Gasteiger partial charge in [-0.15, -0.1) is 10.2 Å². The van der Waals surface area contributed by atoms with Crippen LogP contribution >= 0.6 is 0 Å². The first kappa shape index (κ1) is 26.5. The molecule has 0 spiro atoms. The van der Waals surface area contributed by atoms with Crippen LogP contribution in [0.15, 0.2) is 41.6 Å². The molecule has 1 N–H and O–H groups in total. The number of nitrogens with zero attached hydrogens (tertiary/aromatic N) is 6. The second-order valence-corrected chi connectivity index (χ2v) is 10.5. The van der Waals surface area contributed by atoms with E-state index in [1.165, 1.54) is 34.0 Å². The van der Waals surface area contributed by atoms with Gasteiger partial charge in [0.25, 0.3) is 17.4 Å². The first-order valence-corrected chi connectivity index (χ1v) is 12.3. The number of halogens is 7. The van der Waals surface area contributed by atoms with Crippen LogP contribution in [-0.2, 0) is 25.2 Å². The zero-order valence-corrected chi connectivity index (χ0v) is 20.9. The molecule has 2 aliphatic rings. The molecule has 6 rings (SSSR count). The van der Waals surface area contributed by atoms with Gasteiger partial charge in [0.1, 0.15) is 34.6 Å². The van der Waals surface area contributed by atoms with Crippen LogP contribution in [0.2, 0.25) is 0 Å². The summed E-state index contributed by atoms with van der Waals surface area (Å²) >= 11 is 0. The third-order valence-corrected chi connectivity index (χ3v) is 7.56. The normalized spacial score (nSPS) is 20.2. The molecule has 0 atom stereocenters. The lowest BCUT2D eigenvalue weighted by Gasteiger charge is -2.46. The Morgan fingerprint density at radius 2 is 1.85 bits per heavy atom. The Morgan fingerprint density at radius 1 is 1.10 bits per heavy atom. The van der Waals surface area contributed by atoms with Crippen LogP contribution in [0.1, 0.15) is 42.0 Å². The molecule has 15 heteroatoms. The monoisotopic (exact) mass is 569 g/mol. The van der Waals surface area contributed by atoms with Crippen molar-refractivity contribution in [1.29, 1.82) is 0 Å². The Kier molecular flexibility index (Phi) is 5.71. The molecule has 1 saturated carbocycles. The van der Waals surface area contributed by atoms with E-state index in [9.17, 15) is 35.5 Å². The molecule has 3 aromatic heterocycles. The molecule has 212 valence electrons. The van der Waals surface area contributed by atoms with Crippen LogP contribution in [0.5, 0.6) is 0 Å². The van der Waals surface area contributed by atoms with Crippen molar-refractivity contribution >= 4 is 11.0 Å². The maximum atomic E-state index is 14.2. The fourth-order valence-electron chi connectivity index (χ4n) is 5.76. The SMILES string of the molecule is Cn1cnnc1C1(c2cccc(-n3cc(C(F)(F)F)c4nc(CN5CCC(F)(F)C5)[nH]c4c3=O)c2)CC(F)(F)C1. The molecular formula is C25H22F7N7O. The van der Waals surface area contributed by atoms with Crippen LogP contribution < -0.4 is 5.56 Å². The van der Waals surface area contributed by atoms with Crippen molar-refractivity contribution < 1.29 is 30.7 Å². The average molecular weight is 569 g/mol. The van der Waals surface area contributed by atoms with Gasteiger partial charge >= 0.3 is 6.18 Å². The van der Waals surface area contributed by atoms with Gasteiger partial charge in [-0.25, -0.2) is 22.5 Å². The maximum Gasteiger partial charge on any atom is 0.419 e. The predicted molar refractivity (Wildman–Crippen MR) is 127 cm³/mol. The van der Waals surface area contributed by atoms with Crippen LogP contribution in [0, 0.1) is 0 Å². The van der Waals surface area contributed by atoms with E-state index in [1.54, 1.807) is 13.1 Å². The van der Waals surface area contributed by atoms with E-state index in [0.29, 0.717) is 11.8 Å². The van der Waals surface area contributed by atoms with E-state index in [-0.39, 0.29) is 36.8 Å². The highest BCUT2D eigenvalue weighted by atomic mass is 19.4. The number of hydrogen-bond donors (Lipinski definition) is 1. The summed E-state index contributed by atoms with van der Waals surface area (Å²) in [6.07, 6.45) is -4.48. The third kappa shape index (κ3) is 4.35. The van der Waals surface area contributed by atoms with E-state index in [1.807, 2.05) is 0 Å². The Labute approximate surface area is 221 Å². The summed E-state index contributed by atoms with van der Waals surface area (Å²) in [5.74, 6) is -5.68. The van der Waals surface area contributed by atoms with Crippen molar-refractivity contribution in [3.63, 3.8) is 0 Å². The lowest BCUT2D eigenvalue weighted by Crippen LogP contribution is -2.51. The van der Waals surface area contributed by atoms with Crippen LogP contribution in [-0.4, -0.2) is 59.1 Å². The smallest absolute Gasteiger partial charge is 0.336 e. The maximum absolute atomic E-state index is 14.2. The number of benzene rings is 1. The summed E-state index contributed by atoms with van der Waals surface area (Å²) in [5, 5.41) is 7.80. The van der Waals surface area contributed by atoms with E-state index in [0.717, 1.165) is 4.57 Å². The van der Waals surface area contributed by atoms with Crippen LogP contribution in [0.4, 0.5) is 30.7 Å². The zero-order valence-electron chi connectivity index (χ0n) is 20.9. The molecule has 0 amide bonds. The number of aromatic nitrogens is 6. The predicted octanol–water partition coefficient (Wildman–Crippen LogP) is 4.42.